The Labute approximate surface area is 152 Å². The number of ether oxygens (including phenoxy) is 1. The first-order valence-corrected chi connectivity index (χ1v) is 8.58. The summed E-state index contributed by atoms with van der Waals surface area (Å²) in [5.41, 5.74) is -0.543. The van der Waals surface area contributed by atoms with E-state index in [1.165, 1.54) is 6.92 Å². The summed E-state index contributed by atoms with van der Waals surface area (Å²) in [5, 5.41) is 19.8. The predicted molar refractivity (Wildman–Crippen MR) is 97.6 cm³/mol. The second-order valence-corrected chi connectivity index (χ2v) is 6.00. The molecule has 0 spiro atoms. The third-order valence-electron chi connectivity index (χ3n) is 4.18. The van der Waals surface area contributed by atoms with Crippen molar-refractivity contribution in [2.45, 2.75) is 39.7 Å². The van der Waals surface area contributed by atoms with Gasteiger partial charge in [-0.1, -0.05) is 38.0 Å². The lowest BCUT2D eigenvalue weighted by Gasteiger charge is -2.15. The van der Waals surface area contributed by atoms with Crippen LogP contribution in [-0.2, 0) is 6.54 Å². The van der Waals surface area contributed by atoms with Crippen molar-refractivity contribution in [3.63, 3.8) is 0 Å². The van der Waals surface area contributed by atoms with Crippen LogP contribution in [0.25, 0.3) is 0 Å². The zero-order chi connectivity index (χ0) is 19.1. The number of aromatic nitrogens is 1. The number of rotatable bonds is 8. The molecule has 136 valence electrons. The van der Waals surface area contributed by atoms with Gasteiger partial charge in [-0.2, -0.15) is 5.26 Å². The van der Waals surface area contributed by atoms with Crippen LogP contribution in [0.5, 0.6) is 11.6 Å². The molecule has 6 heteroatoms. The van der Waals surface area contributed by atoms with Gasteiger partial charge >= 0.3 is 0 Å². The van der Waals surface area contributed by atoms with Crippen LogP contribution in [0.4, 0.5) is 0 Å². The fraction of sp³-hybridized carbons (Fsp3) is 0.350. The van der Waals surface area contributed by atoms with Crippen LogP contribution < -0.4 is 10.3 Å². The Kier molecular flexibility index (Phi) is 6.56. The van der Waals surface area contributed by atoms with E-state index >= 15 is 0 Å². The number of unbranched alkanes of at least 4 members (excludes halogenated alkanes) is 2. The molecule has 0 radical (unpaired) electrons. The average molecular weight is 354 g/mol. The molecule has 0 fully saturated rings. The van der Waals surface area contributed by atoms with Crippen molar-refractivity contribution < 1.29 is 14.6 Å². The number of hydrogen-bond donors (Lipinski definition) is 1. The van der Waals surface area contributed by atoms with E-state index in [2.05, 4.69) is 0 Å². The summed E-state index contributed by atoms with van der Waals surface area (Å²) in [5.74, 6) is -0.358. The molecule has 0 aliphatic carbocycles. The van der Waals surface area contributed by atoms with E-state index in [0.717, 1.165) is 17.4 Å². The van der Waals surface area contributed by atoms with Crippen molar-refractivity contribution in [3.05, 3.63) is 57.4 Å². The van der Waals surface area contributed by atoms with E-state index in [-0.39, 0.29) is 29.8 Å². The topological polar surface area (TPSA) is 92.3 Å². The number of benzene rings is 1. The average Bonchev–Trinajstić information content (AvgIpc) is 2.64. The van der Waals surface area contributed by atoms with Crippen LogP contribution in [0, 0.1) is 18.3 Å². The van der Waals surface area contributed by atoms with E-state index in [1.807, 2.05) is 19.1 Å². The first-order chi connectivity index (χ1) is 12.5. The van der Waals surface area contributed by atoms with E-state index in [0.29, 0.717) is 12.2 Å². The monoisotopic (exact) mass is 354 g/mol. The first kappa shape index (κ1) is 19.3. The quantitative estimate of drug-likeness (QED) is 0.580. The molecule has 0 amide bonds. The zero-order valence-corrected chi connectivity index (χ0v) is 15.0. The number of pyridine rings is 1. The minimum atomic E-state index is -0.570. The summed E-state index contributed by atoms with van der Waals surface area (Å²) in [7, 11) is 0. The van der Waals surface area contributed by atoms with E-state index in [1.54, 1.807) is 24.3 Å². The third-order valence-corrected chi connectivity index (χ3v) is 4.18. The number of nitriles is 1. The molecule has 26 heavy (non-hydrogen) atoms. The molecule has 0 aliphatic rings. The van der Waals surface area contributed by atoms with Gasteiger partial charge in [0.05, 0.1) is 5.56 Å². The molecule has 0 saturated heterocycles. The van der Waals surface area contributed by atoms with Gasteiger partial charge in [-0.15, -0.1) is 0 Å². The Morgan fingerprint density at radius 3 is 2.58 bits per heavy atom. The number of carbonyl (C=O) groups excluding carboxylic acids is 1. The summed E-state index contributed by atoms with van der Waals surface area (Å²) in [6.07, 6.45) is 2.50. The lowest BCUT2D eigenvalue weighted by atomic mass is 10.0. The summed E-state index contributed by atoms with van der Waals surface area (Å²) in [6.45, 7) is 3.48. The SMILES string of the molecule is CCCCCn1c(O)c(C(=O)COc2ccccc2)c(C)c(C#N)c1=O. The standard InChI is InChI=1S/C20H22N2O4/c1-3-4-8-11-22-19(24)16(12-21)14(2)18(20(22)25)17(23)13-26-15-9-6-5-7-10-15/h5-7,9-10,25H,3-4,8,11,13H2,1-2H3. The van der Waals surface area contributed by atoms with E-state index in [4.69, 9.17) is 4.74 Å². The maximum Gasteiger partial charge on any atom is 0.271 e. The maximum atomic E-state index is 12.6. The smallest absolute Gasteiger partial charge is 0.271 e. The highest BCUT2D eigenvalue weighted by Crippen LogP contribution is 2.23. The lowest BCUT2D eigenvalue weighted by Crippen LogP contribution is -2.27. The van der Waals surface area contributed by atoms with E-state index < -0.39 is 17.2 Å². The number of aromatic hydroxyl groups is 1. The first-order valence-electron chi connectivity index (χ1n) is 8.58. The fourth-order valence-corrected chi connectivity index (χ4v) is 2.75. The Balaban J connectivity index is 2.37. The number of nitrogens with zero attached hydrogens (tertiary/aromatic N) is 2. The van der Waals surface area contributed by atoms with Gasteiger partial charge in [0.25, 0.3) is 5.56 Å². The predicted octanol–water partition coefficient (Wildman–Crippen LogP) is 3.19. The van der Waals surface area contributed by atoms with Crippen LogP contribution in [-0.4, -0.2) is 22.1 Å². The summed E-state index contributed by atoms with van der Waals surface area (Å²) >= 11 is 0. The van der Waals surface area contributed by atoms with Gasteiger partial charge in [0, 0.05) is 6.54 Å². The number of para-hydroxylation sites is 1. The van der Waals surface area contributed by atoms with Crippen molar-refractivity contribution in [1.82, 2.24) is 4.57 Å². The fourth-order valence-electron chi connectivity index (χ4n) is 2.75. The lowest BCUT2D eigenvalue weighted by molar-refractivity contribution is 0.0916. The highest BCUT2D eigenvalue weighted by atomic mass is 16.5. The minimum Gasteiger partial charge on any atom is -0.494 e. The second kappa shape index (κ2) is 8.86. The maximum absolute atomic E-state index is 12.6. The molecule has 0 saturated carbocycles. The van der Waals surface area contributed by atoms with Crippen molar-refractivity contribution in [1.29, 1.82) is 5.26 Å². The van der Waals surface area contributed by atoms with Crippen LogP contribution in [0.15, 0.2) is 35.1 Å². The minimum absolute atomic E-state index is 0.0337. The van der Waals surface area contributed by atoms with Crippen molar-refractivity contribution in [2.24, 2.45) is 0 Å². The Morgan fingerprint density at radius 2 is 1.96 bits per heavy atom. The van der Waals surface area contributed by atoms with Gasteiger partial charge in [-0.3, -0.25) is 14.2 Å². The molecule has 0 unspecified atom stereocenters. The number of hydrogen-bond acceptors (Lipinski definition) is 5. The van der Waals surface area contributed by atoms with Crippen LogP contribution in [0.2, 0.25) is 0 Å². The highest BCUT2D eigenvalue weighted by Gasteiger charge is 2.24. The van der Waals surface area contributed by atoms with Gasteiger partial charge in [-0.25, -0.2) is 0 Å². The van der Waals surface area contributed by atoms with Crippen LogP contribution in [0.3, 0.4) is 0 Å². The van der Waals surface area contributed by atoms with Crippen LogP contribution >= 0.6 is 0 Å². The third kappa shape index (κ3) is 4.12. The molecule has 2 aromatic rings. The van der Waals surface area contributed by atoms with Gasteiger partial charge in [0.1, 0.15) is 17.4 Å². The molecule has 1 N–H and O–H groups in total. The van der Waals surface area contributed by atoms with Gasteiger partial charge in [0.15, 0.2) is 6.61 Å². The second-order valence-electron chi connectivity index (χ2n) is 6.00. The number of carbonyl (C=O) groups is 1. The highest BCUT2D eigenvalue weighted by molar-refractivity contribution is 6.01. The molecule has 1 aromatic heterocycles. The van der Waals surface area contributed by atoms with Crippen molar-refractivity contribution in [3.8, 4) is 17.7 Å². The molecule has 6 nitrogen and oxygen atoms in total. The molecule has 1 aromatic carbocycles. The molecule has 2 rings (SSSR count). The van der Waals surface area contributed by atoms with E-state index in [9.17, 15) is 20.0 Å². The Hall–Kier alpha value is -3.07. The summed E-state index contributed by atoms with van der Waals surface area (Å²) in [4.78, 5) is 25.0. The zero-order valence-electron chi connectivity index (χ0n) is 15.0. The molecule has 0 aliphatic heterocycles. The molecular weight excluding hydrogens is 332 g/mol. The molecular formula is C20H22N2O4. The van der Waals surface area contributed by atoms with Gasteiger partial charge < -0.3 is 9.84 Å². The number of Topliss-reactive ketones (excluding diaryl/α,β-unsaturated/α-hetero) is 1. The Bertz CT molecular complexity index is 879. The van der Waals surface area contributed by atoms with Gasteiger partial charge in [0.2, 0.25) is 11.7 Å². The van der Waals surface area contributed by atoms with Gasteiger partial charge in [-0.05, 0) is 31.0 Å². The molecule has 1 heterocycles. The Morgan fingerprint density at radius 1 is 1.27 bits per heavy atom. The summed E-state index contributed by atoms with van der Waals surface area (Å²) in [6, 6.07) is 10.7. The largest absolute Gasteiger partial charge is 0.494 e. The van der Waals surface area contributed by atoms with Crippen molar-refractivity contribution in [2.75, 3.05) is 6.61 Å². The molecule has 0 atom stereocenters. The molecule has 0 bridgehead atoms. The van der Waals surface area contributed by atoms with Crippen LogP contribution in [0.1, 0.15) is 47.7 Å². The normalized spacial score (nSPS) is 10.3. The van der Waals surface area contributed by atoms with Crippen molar-refractivity contribution >= 4 is 5.78 Å². The number of ketones is 1. The summed E-state index contributed by atoms with van der Waals surface area (Å²) < 4.78 is 6.55.